The molecule has 0 aliphatic heterocycles. The van der Waals surface area contributed by atoms with E-state index < -0.39 is 0 Å². The fourth-order valence-corrected chi connectivity index (χ4v) is 3.03. The van der Waals surface area contributed by atoms with Gasteiger partial charge >= 0.3 is 0 Å². The quantitative estimate of drug-likeness (QED) is 0.667. The number of hydrogen-bond acceptors (Lipinski definition) is 3. The third kappa shape index (κ3) is 2.25. The smallest absolute Gasteiger partial charge is 0.203 e. The van der Waals surface area contributed by atoms with Gasteiger partial charge in [0, 0.05) is 10.3 Å². The second-order valence-corrected chi connectivity index (χ2v) is 5.29. The maximum atomic E-state index is 12.4. The fourth-order valence-electron chi connectivity index (χ4n) is 2.00. The third-order valence-electron chi connectivity index (χ3n) is 2.98. The van der Waals surface area contributed by atoms with Gasteiger partial charge in [0.2, 0.25) is 5.78 Å². The molecule has 3 aromatic rings. The van der Waals surface area contributed by atoms with Gasteiger partial charge in [-0.3, -0.25) is 4.79 Å². The molecule has 0 N–H and O–H groups in total. The lowest BCUT2D eigenvalue weighted by molar-refractivity contribution is 0.104. The van der Waals surface area contributed by atoms with Gasteiger partial charge in [-0.05, 0) is 29.7 Å². The Balaban J connectivity index is 2.02. The third-order valence-corrected chi connectivity index (χ3v) is 4.10. The average Bonchev–Trinajstić information content (AvgIpc) is 2.90. The van der Waals surface area contributed by atoms with E-state index in [1.807, 2.05) is 48.5 Å². The number of carbonyl (C=O) groups is 1. The number of ether oxygens (including phenoxy) is 1. The number of hydrogen-bond donors (Lipinski definition) is 0. The Morgan fingerprint density at radius 3 is 2.68 bits per heavy atom. The number of fused-ring (bicyclic) bond motifs is 1. The van der Waals surface area contributed by atoms with E-state index in [0.717, 1.165) is 15.0 Å². The van der Waals surface area contributed by atoms with Crippen molar-refractivity contribution in [3.8, 4) is 5.75 Å². The van der Waals surface area contributed by atoms with Crippen LogP contribution in [-0.4, -0.2) is 12.9 Å². The van der Waals surface area contributed by atoms with Crippen molar-refractivity contribution in [1.29, 1.82) is 0 Å². The SMILES string of the molecule is COc1cccc(C(=O)c2cc3ccccc3s2)c1. The van der Waals surface area contributed by atoms with Crippen LogP contribution in [0.25, 0.3) is 10.1 Å². The minimum absolute atomic E-state index is 0.0418. The zero-order valence-corrected chi connectivity index (χ0v) is 11.2. The van der Waals surface area contributed by atoms with Gasteiger partial charge in [-0.2, -0.15) is 0 Å². The highest BCUT2D eigenvalue weighted by Gasteiger charge is 2.13. The Hall–Kier alpha value is -2.13. The van der Waals surface area contributed by atoms with Gasteiger partial charge in [0.1, 0.15) is 5.75 Å². The van der Waals surface area contributed by atoms with Gasteiger partial charge in [0.15, 0.2) is 0 Å². The molecule has 1 aromatic heterocycles. The molecule has 0 saturated heterocycles. The summed E-state index contributed by atoms with van der Waals surface area (Å²) in [6.45, 7) is 0. The maximum Gasteiger partial charge on any atom is 0.203 e. The summed E-state index contributed by atoms with van der Waals surface area (Å²) in [6.07, 6.45) is 0. The Kier molecular flexibility index (Phi) is 3.05. The van der Waals surface area contributed by atoms with Crippen LogP contribution in [0.1, 0.15) is 15.2 Å². The maximum absolute atomic E-state index is 12.4. The number of benzene rings is 2. The van der Waals surface area contributed by atoms with Gasteiger partial charge in [-0.25, -0.2) is 0 Å². The highest BCUT2D eigenvalue weighted by Crippen LogP contribution is 2.27. The first-order valence-electron chi connectivity index (χ1n) is 5.95. The highest BCUT2D eigenvalue weighted by atomic mass is 32.1. The second kappa shape index (κ2) is 4.86. The number of carbonyl (C=O) groups excluding carboxylic acids is 1. The molecule has 0 aliphatic carbocycles. The number of ketones is 1. The molecule has 0 spiro atoms. The van der Waals surface area contributed by atoms with Crippen LogP contribution in [0.2, 0.25) is 0 Å². The number of methoxy groups -OCH3 is 1. The molecular weight excluding hydrogens is 256 g/mol. The van der Waals surface area contributed by atoms with Crippen molar-refractivity contribution in [1.82, 2.24) is 0 Å². The van der Waals surface area contributed by atoms with E-state index in [1.165, 1.54) is 11.3 Å². The Morgan fingerprint density at radius 1 is 1.05 bits per heavy atom. The fraction of sp³-hybridized carbons (Fsp3) is 0.0625. The molecule has 0 unspecified atom stereocenters. The lowest BCUT2D eigenvalue weighted by Gasteiger charge is -2.02. The van der Waals surface area contributed by atoms with Crippen molar-refractivity contribution in [3.05, 3.63) is 65.0 Å². The first kappa shape index (κ1) is 11.9. The highest BCUT2D eigenvalue weighted by molar-refractivity contribution is 7.21. The molecule has 0 atom stereocenters. The monoisotopic (exact) mass is 268 g/mol. The van der Waals surface area contributed by atoms with Crippen molar-refractivity contribution in [2.24, 2.45) is 0 Å². The normalized spacial score (nSPS) is 10.6. The van der Waals surface area contributed by atoms with Crippen LogP contribution >= 0.6 is 11.3 Å². The van der Waals surface area contributed by atoms with E-state index in [2.05, 4.69) is 0 Å². The lowest BCUT2D eigenvalue weighted by Crippen LogP contribution is -1.98. The van der Waals surface area contributed by atoms with Gasteiger partial charge in [0.05, 0.1) is 12.0 Å². The summed E-state index contributed by atoms with van der Waals surface area (Å²) in [7, 11) is 1.60. The van der Waals surface area contributed by atoms with E-state index in [1.54, 1.807) is 13.2 Å². The van der Waals surface area contributed by atoms with Gasteiger partial charge in [-0.15, -0.1) is 11.3 Å². The Morgan fingerprint density at radius 2 is 1.89 bits per heavy atom. The van der Waals surface area contributed by atoms with Crippen LogP contribution in [0.4, 0.5) is 0 Å². The van der Waals surface area contributed by atoms with Gasteiger partial charge in [-0.1, -0.05) is 30.3 Å². The molecule has 0 fully saturated rings. The lowest BCUT2D eigenvalue weighted by atomic mass is 10.1. The van der Waals surface area contributed by atoms with Crippen LogP contribution < -0.4 is 4.74 Å². The molecule has 2 nitrogen and oxygen atoms in total. The van der Waals surface area contributed by atoms with Gasteiger partial charge < -0.3 is 4.74 Å². The van der Waals surface area contributed by atoms with Gasteiger partial charge in [0.25, 0.3) is 0 Å². The molecule has 0 saturated carbocycles. The summed E-state index contributed by atoms with van der Waals surface area (Å²) in [4.78, 5) is 13.2. The molecule has 2 aromatic carbocycles. The minimum Gasteiger partial charge on any atom is -0.497 e. The van der Waals surface area contributed by atoms with E-state index in [4.69, 9.17) is 4.74 Å². The first-order valence-corrected chi connectivity index (χ1v) is 6.77. The largest absolute Gasteiger partial charge is 0.497 e. The van der Waals surface area contributed by atoms with E-state index in [0.29, 0.717) is 11.3 Å². The van der Waals surface area contributed by atoms with Crippen LogP contribution in [0.3, 0.4) is 0 Å². The molecule has 0 radical (unpaired) electrons. The zero-order valence-electron chi connectivity index (χ0n) is 10.4. The van der Waals surface area contributed by atoms with Crippen molar-refractivity contribution in [2.75, 3.05) is 7.11 Å². The molecule has 3 rings (SSSR count). The van der Waals surface area contributed by atoms with Crippen molar-refractivity contribution in [2.45, 2.75) is 0 Å². The number of rotatable bonds is 3. The topological polar surface area (TPSA) is 26.3 Å². The molecule has 0 amide bonds. The molecule has 0 bridgehead atoms. The summed E-state index contributed by atoms with van der Waals surface area (Å²) < 4.78 is 6.28. The van der Waals surface area contributed by atoms with E-state index in [9.17, 15) is 4.79 Å². The summed E-state index contributed by atoms with van der Waals surface area (Å²) in [5, 5.41) is 1.11. The van der Waals surface area contributed by atoms with Crippen molar-refractivity contribution >= 4 is 27.2 Å². The van der Waals surface area contributed by atoms with E-state index >= 15 is 0 Å². The van der Waals surface area contributed by atoms with Crippen LogP contribution in [-0.2, 0) is 0 Å². The molecule has 1 heterocycles. The van der Waals surface area contributed by atoms with Crippen LogP contribution in [0.5, 0.6) is 5.75 Å². The van der Waals surface area contributed by atoms with Crippen LogP contribution in [0.15, 0.2) is 54.6 Å². The van der Waals surface area contributed by atoms with Crippen molar-refractivity contribution in [3.63, 3.8) is 0 Å². The molecule has 3 heteroatoms. The Labute approximate surface area is 115 Å². The van der Waals surface area contributed by atoms with E-state index in [-0.39, 0.29) is 5.78 Å². The summed E-state index contributed by atoms with van der Waals surface area (Å²) in [5.41, 5.74) is 0.658. The number of thiophene rings is 1. The predicted molar refractivity (Wildman–Crippen MR) is 78.3 cm³/mol. The molecule has 19 heavy (non-hydrogen) atoms. The Bertz CT molecular complexity index is 710. The van der Waals surface area contributed by atoms with Crippen molar-refractivity contribution < 1.29 is 9.53 Å². The van der Waals surface area contributed by atoms with Crippen LogP contribution in [0, 0.1) is 0 Å². The first-order chi connectivity index (χ1) is 9.28. The minimum atomic E-state index is 0.0418. The zero-order chi connectivity index (χ0) is 13.2. The summed E-state index contributed by atoms with van der Waals surface area (Å²) in [6, 6.07) is 17.2. The molecular formula is C16H12O2S. The average molecular weight is 268 g/mol. The second-order valence-electron chi connectivity index (χ2n) is 4.21. The standard InChI is InChI=1S/C16H12O2S/c1-18-13-7-4-6-12(9-13)16(17)15-10-11-5-2-3-8-14(11)19-15/h2-10H,1H3. The summed E-state index contributed by atoms with van der Waals surface area (Å²) >= 11 is 1.52. The predicted octanol–water partition coefficient (Wildman–Crippen LogP) is 4.14. The molecule has 0 aliphatic rings. The molecule has 94 valence electrons. The summed E-state index contributed by atoms with van der Waals surface area (Å²) in [5.74, 6) is 0.743.